The molecule has 4 N–H and O–H groups in total. The maximum absolute atomic E-state index is 12.7. The zero-order valence-corrected chi connectivity index (χ0v) is 15.0. The van der Waals surface area contributed by atoms with E-state index in [1.807, 2.05) is 12.1 Å². The molecule has 0 unspecified atom stereocenters. The smallest absolute Gasteiger partial charge is 0.351 e. The summed E-state index contributed by atoms with van der Waals surface area (Å²) in [6.45, 7) is -0.0326. The Balaban J connectivity index is 1.89. The average Bonchev–Trinajstić information content (AvgIpc) is 3.06. The third-order valence-electron chi connectivity index (χ3n) is 4.11. The zero-order chi connectivity index (χ0) is 20.1. The number of hydrogen-bond donors (Lipinski definition) is 2. The van der Waals surface area contributed by atoms with Gasteiger partial charge in [-0.3, -0.25) is 4.79 Å². The average molecular weight is 382 g/mol. The van der Waals surface area contributed by atoms with E-state index in [1.54, 1.807) is 30.3 Å². The molecule has 0 fully saturated rings. The number of nitrogens with zero attached hydrogens (tertiary/aromatic N) is 4. The quantitative estimate of drug-likeness (QED) is 0.630. The van der Waals surface area contributed by atoms with Crippen molar-refractivity contribution in [1.82, 2.24) is 19.3 Å². The van der Waals surface area contributed by atoms with Crippen LogP contribution in [0.4, 0.5) is 4.39 Å². The number of rotatable bonds is 7. The topological polar surface area (TPSA) is 122 Å². The van der Waals surface area contributed by atoms with E-state index in [4.69, 9.17) is 11.5 Å². The molecule has 0 aliphatic heterocycles. The van der Waals surface area contributed by atoms with Gasteiger partial charge in [0, 0.05) is 12.1 Å². The van der Waals surface area contributed by atoms with Crippen LogP contribution in [0.1, 0.15) is 5.56 Å². The lowest BCUT2D eigenvalue weighted by atomic mass is 10.1. The number of primary amides is 1. The third kappa shape index (κ3) is 4.21. The van der Waals surface area contributed by atoms with Crippen molar-refractivity contribution in [3.63, 3.8) is 0 Å². The number of benzene rings is 1. The molecule has 1 amide bonds. The standard InChI is InChI=1S/C19H19FN6O2/c20-9-14(10-21)11-26-19(28)25(12-23-26)18-3-1-2-16(24-18)15-6-4-13(5-7-15)8-17(22)27/h1-7,9,12H,8,10-11,21H2,(H2,22,27)/b14-9+. The molecule has 8 nitrogen and oxygen atoms in total. The highest BCUT2D eigenvalue weighted by Gasteiger charge is 2.11. The Labute approximate surface area is 159 Å². The Morgan fingerprint density at radius 3 is 2.57 bits per heavy atom. The lowest BCUT2D eigenvalue weighted by Crippen LogP contribution is -2.26. The van der Waals surface area contributed by atoms with Crippen molar-refractivity contribution in [1.29, 1.82) is 0 Å². The Morgan fingerprint density at radius 1 is 1.18 bits per heavy atom. The number of nitrogens with two attached hydrogens (primary N) is 2. The first-order valence-corrected chi connectivity index (χ1v) is 8.49. The van der Waals surface area contributed by atoms with Crippen LogP contribution in [0.5, 0.6) is 0 Å². The first-order valence-electron chi connectivity index (χ1n) is 8.49. The molecular formula is C19H19FN6O2. The number of aromatic nitrogens is 4. The summed E-state index contributed by atoms with van der Waals surface area (Å²) in [6.07, 6.45) is 1.88. The summed E-state index contributed by atoms with van der Waals surface area (Å²) in [5, 5.41) is 3.99. The van der Waals surface area contributed by atoms with Gasteiger partial charge in [0.15, 0.2) is 0 Å². The van der Waals surface area contributed by atoms with Gasteiger partial charge < -0.3 is 11.5 Å². The number of hydrogen-bond acceptors (Lipinski definition) is 5. The van der Waals surface area contributed by atoms with Crippen molar-refractivity contribution in [2.24, 2.45) is 11.5 Å². The maximum atomic E-state index is 12.7. The van der Waals surface area contributed by atoms with Crippen LogP contribution in [0.2, 0.25) is 0 Å². The van der Waals surface area contributed by atoms with Gasteiger partial charge in [-0.25, -0.2) is 23.4 Å². The molecule has 0 aliphatic carbocycles. The van der Waals surface area contributed by atoms with Crippen LogP contribution in [-0.2, 0) is 17.8 Å². The summed E-state index contributed by atoms with van der Waals surface area (Å²) < 4.78 is 15.1. The number of carbonyl (C=O) groups is 1. The molecular weight excluding hydrogens is 363 g/mol. The molecule has 28 heavy (non-hydrogen) atoms. The summed E-state index contributed by atoms with van der Waals surface area (Å²) in [7, 11) is 0. The number of pyridine rings is 1. The fourth-order valence-electron chi connectivity index (χ4n) is 2.65. The predicted molar refractivity (Wildman–Crippen MR) is 102 cm³/mol. The van der Waals surface area contributed by atoms with Gasteiger partial charge >= 0.3 is 5.69 Å². The minimum absolute atomic E-state index is 0.00468. The van der Waals surface area contributed by atoms with Gasteiger partial charge in [-0.05, 0) is 23.3 Å². The Kier molecular flexibility index (Phi) is 5.75. The summed E-state index contributed by atoms with van der Waals surface area (Å²) in [4.78, 5) is 28.0. The zero-order valence-electron chi connectivity index (χ0n) is 15.0. The molecule has 0 spiro atoms. The Morgan fingerprint density at radius 2 is 1.93 bits per heavy atom. The van der Waals surface area contributed by atoms with Crippen molar-refractivity contribution in [2.75, 3.05) is 6.54 Å². The fourth-order valence-corrected chi connectivity index (χ4v) is 2.65. The highest BCUT2D eigenvalue weighted by atomic mass is 19.1. The minimum Gasteiger partial charge on any atom is -0.369 e. The van der Waals surface area contributed by atoms with E-state index in [0.29, 0.717) is 17.8 Å². The number of halogens is 1. The van der Waals surface area contributed by atoms with E-state index >= 15 is 0 Å². The van der Waals surface area contributed by atoms with Gasteiger partial charge in [0.1, 0.15) is 12.1 Å². The summed E-state index contributed by atoms with van der Waals surface area (Å²) in [5.41, 5.74) is 12.7. The van der Waals surface area contributed by atoms with Crippen LogP contribution in [-0.4, -0.2) is 31.8 Å². The van der Waals surface area contributed by atoms with Crippen LogP contribution in [0.15, 0.2) is 65.5 Å². The number of amides is 1. The monoisotopic (exact) mass is 382 g/mol. The lowest BCUT2D eigenvalue weighted by molar-refractivity contribution is -0.117. The van der Waals surface area contributed by atoms with Crippen molar-refractivity contribution < 1.29 is 9.18 Å². The molecule has 1 aromatic carbocycles. The molecule has 144 valence electrons. The molecule has 2 heterocycles. The minimum atomic E-state index is -0.450. The van der Waals surface area contributed by atoms with Gasteiger partial charge in [-0.15, -0.1) is 0 Å². The molecule has 9 heteroatoms. The van der Waals surface area contributed by atoms with Crippen LogP contribution < -0.4 is 17.2 Å². The van der Waals surface area contributed by atoms with E-state index < -0.39 is 11.6 Å². The second kappa shape index (κ2) is 8.40. The summed E-state index contributed by atoms with van der Waals surface area (Å²) >= 11 is 0. The fraction of sp³-hybridized carbons (Fsp3) is 0.158. The number of carbonyl (C=O) groups excluding carboxylic acids is 1. The molecule has 0 aliphatic rings. The van der Waals surface area contributed by atoms with Crippen molar-refractivity contribution in [3.8, 4) is 17.1 Å². The third-order valence-corrected chi connectivity index (χ3v) is 4.11. The second-order valence-corrected chi connectivity index (χ2v) is 6.13. The van der Waals surface area contributed by atoms with E-state index in [1.165, 1.54) is 10.9 Å². The summed E-state index contributed by atoms with van der Waals surface area (Å²) in [5.74, 6) is -0.0156. The molecule has 0 bridgehead atoms. The van der Waals surface area contributed by atoms with E-state index in [-0.39, 0.29) is 25.1 Å². The van der Waals surface area contributed by atoms with Gasteiger partial charge in [0.05, 0.1) is 25.0 Å². The first-order chi connectivity index (χ1) is 13.5. The van der Waals surface area contributed by atoms with E-state index in [2.05, 4.69) is 10.1 Å². The van der Waals surface area contributed by atoms with Gasteiger partial charge in [0.25, 0.3) is 0 Å². The van der Waals surface area contributed by atoms with Crippen molar-refractivity contribution in [2.45, 2.75) is 13.0 Å². The molecule has 3 aromatic rings. The molecule has 2 aromatic heterocycles. The summed E-state index contributed by atoms with van der Waals surface area (Å²) in [6, 6.07) is 12.5. The predicted octanol–water partition coefficient (Wildman–Crippen LogP) is 0.936. The van der Waals surface area contributed by atoms with Crippen LogP contribution in [0, 0.1) is 0 Å². The molecule has 0 saturated heterocycles. The molecule has 0 radical (unpaired) electrons. The second-order valence-electron chi connectivity index (χ2n) is 6.13. The van der Waals surface area contributed by atoms with E-state index in [0.717, 1.165) is 15.8 Å². The van der Waals surface area contributed by atoms with Crippen molar-refractivity contribution >= 4 is 5.91 Å². The first kappa shape index (κ1) is 19.2. The highest BCUT2D eigenvalue weighted by Crippen LogP contribution is 2.19. The van der Waals surface area contributed by atoms with Gasteiger partial charge in [0.2, 0.25) is 5.91 Å². The SMILES string of the molecule is NC/C(=C\F)Cn1ncn(-c2cccc(-c3ccc(CC(N)=O)cc3)n2)c1=O. The Bertz CT molecular complexity index is 1070. The highest BCUT2D eigenvalue weighted by molar-refractivity contribution is 5.76. The Hall–Kier alpha value is -3.59. The molecule has 0 saturated carbocycles. The lowest BCUT2D eigenvalue weighted by Gasteiger charge is -2.06. The largest absolute Gasteiger partial charge is 0.369 e. The normalized spacial score (nSPS) is 11.6. The maximum Gasteiger partial charge on any atom is 0.351 e. The molecule has 0 atom stereocenters. The van der Waals surface area contributed by atoms with Gasteiger partial charge in [-0.2, -0.15) is 5.10 Å². The van der Waals surface area contributed by atoms with E-state index in [9.17, 15) is 14.0 Å². The molecule has 3 rings (SSSR count). The van der Waals surface area contributed by atoms with Crippen LogP contribution in [0.25, 0.3) is 17.1 Å². The van der Waals surface area contributed by atoms with Gasteiger partial charge in [-0.1, -0.05) is 30.3 Å². The van der Waals surface area contributed by atoms with Crippen molar-refractivity contribution in [3.05, 3.63) is 76.7 Å². The van der Waals surface area contributed by atoms with Crippen LogP contribution in [0.3, 0.4) is 0 Å². The van der Waals surface area contributed by atoms with Crippen LogP contribution >= 0.6 is 0 Å².